The van der Waals surface area contributed by atoms with Crippen molar-refractivity contribution >= 4 is 0 Å². The molecule has 0 saturated carbocycles. The number of hydrogen-bond donors (Lipinski definition) is 1. The van der Waals surface area contributed by atoms with Gasteiger partial charge in [0.1, 0.15) is 5.75 Å². The van der Waals surface area contributed by atoms with Gasteiger partial charge in [0.25, 0.3) is 5.56 Å². The molecular weight excluding hydrogens is 228 g/mol. The molecule has 1 aromatic heterocycles. The normalized spacial score (nSPS) is 13.2. The van der Waals surface area contributed by atoms with Gasteiger partial charge in [0.15, 0.2) is 0 Å². The Balaban J connectivity index is 2.26. The SMILES string of the molecule is Cc1c(-c2cccc3c2OCC3)n[nH]c(=O)c1C. The molecule has 0 aliphatic carbocycles. The Hall–Kier alpha value is -2.10. The van der Waals surface area contributed by atoms with Crippen LogP contribution in [0.5, 0.6) is 5.75 Å². The number of hydrogen-bond acceptors (Lipinski definition) is 3. The fourth-order valence-electron chi connectivity index (χ4n) is 2.29. The van der Waals surface area contributed by atoms with Crippen molar-refractivity contribution in [3.63, 3.8) is 0 Å². The van der Waals surface area contributed by atoms with E-state index in [4.69, 9.17) is 4.74 Å². The van der Waals surface area contributed by atoms with Crippen LogP contribution >= 0.6 is 0 Å². The summed E-state index contributed by atoms with van der Waals surface area (Å²) in [6.07, 6.45) is 0.935. The van der Waals surface area contributed by atoms with Gasteiger partial charge in [-0.15, -0.1) is 0 Å². The predicted octanol–water partition coefficient (Wildman–Crippen LogP) is 1.99. The van der Waals surface area contributed by atoms with E-state index in [0.29, 0.717) is 12.2 Å². The van der Waals surface area contributed by atoms with Gasteiger partial charge < -0.3 is 4.74 Å². The van der Waals surface area contributed by atoms with Crippen molar-refractivity contribution < 1.29 is 4.74 Å². The number of rotatable bonds is 1. The summed E-state index contributed by atoms with van der Waals surface area (Å²) in [5.74, 6) is 0.902. The second kappa shape index (κ2) is 3.98. The van der Waals surface area contributed by atoms with Gasteiger partial charge in [0.2, 0.25) is 0 Å². The Kier molecular flexibility index (Phi) is 2.44. The summed E-state index contributed by atoms with van der Waals surface area (Å²) in [6, 6.07) is 6.06. The highest BCUT2D eigenvalue weighted by Crippen LogP contribution is 2.36. The number of aromatic amines is 1. The van der Waals surface area contributed by atoms with E-state index in [1.165, 1.54) is 5.56 Å². The Labute approximate surface area is 105 Å². The van der Waals surface area contributed by atoms with Crippen LogP contribution in [0.25, 0.3) is 11.3 Å². The van der Waals surface area contributed by atoms with Crippen molar-refractivity contribution in [1.29, 1.82) is 0 Å². The number of para-hydroxylation sites is 1. The van der Waals surface area contributed by atoms with Crippen molar-refractivity contribution in [3.8, 4) is 17.0 Å². The summed E-state index contributed by atoms with van der Waals surface area (Å²) in [5, 5.41) is 6.71. The first-order valence-electron chi connectivity index (χ1n) is 5.99. The third kappa shape index (κ3) is 1.53. The van der Waals surface area contributed by atoms with Crippen LogP contribution in [0, 0.1) is 13.8 Å². The molecule has 0 unspecified atom stereocenters. The minimum absolute atomic E-state index is 0.134. The van der Waals surface area contributed by atoms with E-state index in [2.05, 4.69) is 16.3 Å². The first-order chi connectivity index (χ1) is 8.68. The maximum atomic E-state index is 11.5. The summed E-state index contributed by atoms with van der Waals surface area (Å²) in [7, 11) is 0. The van der Waals surface area contributed by atoms with Crippen molar-refractivity contribution in [2.24, 2.45) is 0 Å². The molecule has 4 nitrogen and oxygen atoms in total. The van der Waals surface area contributed by atoms with E-state index in [0.717, 1.165) is 29.0 Å². The van der Waals surface area contributed by atoms with E-state index in [1.807, 2.05) is 26.0 Å². The molecule has 92 valence electrons. The lowest BCUT2D eigenvalue weighted by Crippen LogP contribution is -2.14. The molecule has 4 heteroatoms. The largest absolute Gasteiger partial charge is 0.492 e. The molecular formula is C14H14N2O2. The number of nitrogens with zero attached hydrogens (tertiary/aromatic N) is 1. The lowest BCUT2D eigenvalue weighted by atomic mass is 10.0. The topological polar surface area (TPSA) is 55.0 Å². The molecule has 1 aliphatic rings. The number of aromatic nitrogens is 2. The average Bonchev–Trinajstić information content (AvgIpc) is 2.84. The predicted molar refractivity (Wildman–Crippen MR) is 69.0 cm³/mol. The van der Waals surface area contributed by atoms with Crippen LogP contribution in [0.15, 0.2) is 23.0 Å². The number of H-pyrrole nitrogens is 1. The molecule has 0 fully saturated rings. The van der Waals surface area contributed by atoms with Crippen LogP contribution < -0.4 is 10.3 Å². The van der Waals surface area contributed by atoms with Gasteiger partial charge in [0, 0.05) is 17.5 Å². The first-order valence-corrected chi connectivity index (χ1v) is 5.99. The van der Waals surface area contributed by atoms with Gasteiger partial charge in [-0.1, -0.05) is 12.1 Å². The fraction of sp³-hybridized carbons (Fsp3) is 0.286. The van der Waals surface area contributed by atoms with E-state index in [1.54, 1.807) is 0 Å². The van der Waals surface area contributed by atoms with Gasteiger partial charge in [-0.2, -0.15) is 5.10 Å². The average molecular weight is 242 g/mol. The Bertz CT molecular complexity index is 674. The molecule has 2 heterocycles. The van der Waals surface area contributed by atoms with Crippen molar-refractivity contribution in [1.82, 2.24) is 10.2 Å². The van der Waals surface area contributed by atoms with Crippen LogP contribution in [0.2, 0.25) is 0 Å². The summed E-state index contributed by atoms with van der Waals surface area (Å²) in [4.78, 5) is 11.5. The molecule has 0 radical (unpaired) electrons. The molecule has 0 atom stereocenters. The molecule has 1 aromatic carbocycles. The lowest BCUT2D eigenvalue weighted by molar-refractivity contribution is 0.358. The smallest absolute Gasteiger partial charge is 0.267 e. The quantitative estimate of drug-likeness (QED) is 0.832. The van der Waals surface area contributed by atoms with Crippen LogP contribution in [-0.4, -0.2) is 16.8 Å². The minimum atomic E-state index is -0.134. The number of ether oxygens (including phenoxy) is 1. The molecule has 3 rings (SSSR count). The van der Waals surface area contributed by atoms with Gasteiger partial charge >= 0.3 is 0 Å². The highest BCUT2D eigenvalue weighted by Gasteiger charge is 2.19. The second-order valence-electron chi connectivity index (χ2n) is 4.54. The van der Waals surface area contributed by atoms with Crippen LogP contribution in [0.3, 0.4) is 0 Å². The van der Waals surface area contributed by atoms with Gasteiger partial charge in [-0.05, 0) is 31.0 Å². The zero-order valence-electron chi connectivity index (χ0n) is 10.4. The molecule has 1 aliphatic heterocycles. The van der Waals surface area contributed by atoms with Crippen molar-refractivity contribution in [2.45, 2.75) is 20.3 Å². The van der Waals surface area contributed by atoms with Crippen LogP contribution in [0.4, 0.5) is 0 Å². The number of fused-ring (bicyclic) bond motifs is 1. The van der Waals surface area contributed by atoms with Gasteiger partial charge in [-0.3, -0.25) is 4.79 Å². The summed E-state index contributed by atoms with van der Waals surface area (Å²) < 4.78 is 5.68. The van der Waals surface area contributed by atoms with E-state index < -0.39 is 0 Å². The second-order valence-corrected chi connectivity index (χ2v) is 4.54. The third-order valence-electron chi connectivity index (χ3n) is 3.50. The van der Waals surface area contributed by atoms with Crippen molar-refractivity contribution in [2.75, 3.05) is 6.61 Å². The molecule has 0 spiro atoms. The maximum Gasteiger partial charge on any atom is 0.267 e. The van der Waals surface area contributed by atoms with Gasteiger partial charge in [0.05, 0.1) is 12.3 Å². The van der Waals surface area contributed by atoms with E-state index >= 15 is 0 Å². The lowest BCUT2D eigenvalue weighted by Gasteiger charge is -2.10. The highest BCUT2D eigenvalue weighted by atomic mass is 16.5. The van der Waals surface area contributed by atoms with Crippen LogP contribution in [0.1, 0.15) is 16.7 Å². The molecule has 1 N–H and O–H groups in total. The first kappa shape index (κ1) is 11.0. The Morgan fingerprint density at radius 1 is 1.28 bits per heavy atom. The summed E-state index contributed by atoms with van der Waals surface area (Å²) in [5.41, 5.74) is 4.44. The highest BCUT2D eigenvalue weighted by molar-refractivity contribution is 5.72. The molecule has 0 bridgehead atoms. The number of nitrogens with one attached hydrogen (secondary N) is 1. The fourth-order valence-corrected chi connectivity index (χ4v) is 2.29. The van der Waals surface area contributed by atoms with Crippen LogP contribution in [-0.2, 0) is 6.42 Å². The standard InChI is InChI=1S/C14H14N2O2/c1-8-9(2)14(17)16-15-12(8)11-5-3-4-10-6-7-18-13(10)11/h3-5H,6-7H2,1-2H3,(H,16,17). The summed E-state index contributed by atoms with van der Waals surface area (Å²) >= 11 is 0. The molecule has 0 amide bonds. The Morgan fingerprint density at radius 3 is 2.94 bits per heavy atom. The monoisotopic (exact) mass is 242 g/mol. The minimum Gasteiger partial charge on any atom is -0.492 e. The van der Waals surface area contributed by atoms with Crippen molar-refractivity contribution in [3.05, 3.63) is 45.2 Å². The zero-order chi connectivity index (χ0) is 12.7. The van der Waals surface area contributed by atoms with E-state index in [9.17, 15) is 4.79 Å². The third-order valence-corrected chi connectivity index (χ3v) is 3.50. The molecule has 0 saturated heterocycles. The Morgan fingerprint density at radius 2 is 2.11 bits per heavy atom. The zero-order valence-corrected chi connectivity index (χ0v) is 10.4. The maximum absolute atomic E-state index is 11.5. The molecule has 18 heavy (non-hydrogen) atoms. The van der Waals surface area contributed by atoms with E-state index in [-0.39, 0.29) is 5.56 Å². The van der Waals surface area contributed by atoms with Gasteiger partial charge in [-0.25, -0.2) is 5.10 Å². The summed E-state index contributed by atoms with van der Waals surface area (Å²) in [6.45, 7) is 4.44. The number of benzene rings is 1. The molecule has 2 aromatic rings.